The van der Waals surface area contributed by atoms with Crippen LogP contribution in [0.15, 0.2) is 41.3 Å². The second kappa shape index (κ2) is 7.28. The minimum Gasteiger partial charge on any atom is -0.354 e. The lowest BCUT2D eigenvalue weighted by molar-refractivity contribution is -0.120. The third-order valence-corrected chi connectivity index (χ3v) is 5.23. The van der Waals surface area contributed by atoms with Crippen LogP contribution >= 0.6 is 11.8 Å². The number of hydrogen-bond donors (Lipinski definition) is 1. The zero-order chi connectivity index (χ0) is 17.9. The van der Waals surface area contributed by atoms with Crippen LogP contribution in [0.25, 0.3) is 5.65 Å². The summed E-state index contributed by atoms with van der Waals surface area (Å²) in [4.78, 5) is 16.0. The molecule has 0 aliphatic carbocycles. The molecule has 1 aromatic carbocycles. The van der Waals surface area contributed by atoms with Crippen LogP contribution in [0, 0.1) is 5.92 Å². The quantitative estimate of drug-likeness (QED) is 0.705. The van der Waals surface area contributed by atoms with E-state index in [0.29, 0.717) is 12.2 Å². The number of piperidine rings is 1. The topological polar surface area (TPSA) is 88.3 Å². The van der Waals surface area contributed by atoms with Gasteiger partial charge in [0.2, 0.25) is 5.91 Å². The van der Waals surface area contributed by atoms with Crippen LogP contribution in [0.2, 0.25) is 0 Å². The van der Waals surface area contributed by atoms with E-state index in [1.165, 1.54) is 4.63 Å². The van der Waals surface area contributed by atoms with Crippen LogP contribution in [-0.4, -0.2) is 50.5 Å². The first-order valence-electron chi connectivity index (χ1n) is 8.48. The molecule has 0 unspecified atom stereocenters. The molecule has 26 heavy (non-hydrogen) atoms. The molecule has 1 aliphatic rings. The molecule has 1 N–H and O–H groups in total. The molecule has 134 valence electrons. The maximum absolute atomic E-state index is 12.7. The molecule has 3 heterocycles. The van der Waals surface area contributed by atoms with Gasteiger partial charge in [0.05, 0.1) is 5.92 Å². The van der Waals surface area contributed by atoms with Crippen LogP contribution < -0.4 is 10.2 Å². The minimum absolute atomic E-state index is 0.0523. The fourth-order valence-electron chi connectivity index (χ4n) is 3.15. The summed E-state index contributed by atoms with van der Waals surface area (Å²) in [5.74, 6) is 0.760. The number of fused-ring (bicyclic) bond motifs is 1. The monoisotopic (exact) mass is 369 g/mol. The molecule has 9 heteroatoms. The van der Waals surface area contributed by atoms with E-state index in [0.717, 1.165) is 35.8 Å². The zero-order valence-electron chi connectivity index (χ0n) is 14.4. The lowest BCUT2D eigenvalue weighted by atomic mass is 9.97. The van der Waals surface area contributed by atoms with E-state index >= 15 is 0 Å². The highest BCUT2D eigenvalue weighted by Crippen LogP contribution is 2.24. The largest absolute Gasteiger partial charge is 0.354 e. The van der Waals surface area contributed by atoms with Crippen LogP contribution in [0.1, 0.15) is 12.8 Å². The summed E-state index contributed by atoms with van der Waals surface area (Å²) < 4.78 is 1.41. The van der Waals surface area contributed by atoms with E-state index in [-0.39, 0.29) is 11.8 Å². The van der Waals surface area contributed by atoms with Gasteiger partial charge in [0.1, 0.15) is 0 Å². The summed E-state index contributed by atoms with van der Waals surface area (Å²) >= 11 is 1.66. The van der Waals surface area contributed by atoms with Gasteiger partial charge in [-0.1, -0.05) is 6.07 Å². The van der Waals surface area contributed by atoms with Crippen molar-refractivity contribution in [3.8, 4) is 0 Å². The Morgan fingerprint density at radius 3 is 3.12 bits per heavy atom. The van der Waals surface area contributed by atoms with Crippen LogP contribution in [-0.2, 0) is 4.79 Å². The normalized spacial score (nSPS) is 17.4. The Hall–Kier alpha value is -2.68. The van der Waals surface area contributed by atoms with Gasteiger partial charge in [0, 0.05) is 23.7 Å². The Morgan fingerprint density at radius 2 is 2.23 bits per heavy atom. The highest BCUT2D eigenvalue weighted by Gasteiger charge is 2.27. The summed E-state index contributed by atoms with van der Waals surface area (Å²) in [6.07, 6.45) is 3.84. The predicted molar refractivity (Wildman–Crippen MR) is 100 cm³/mol. The lowest BCUT2D eigenvalue weighted by Crippen LogP contribution is -2.41. The highest BCUT2D eigenvalue weighted by atomic mass is 32.2. The maximum atomic E-state index is 12.7. The van der Waals surface area contributed by atoms with Gasteiger partial charge >= 0.3 is 0 Å². The standard InChI is InChI=1S/C17H19N7OS/c1-26-14-6-2-5-13(10-14)18-17(25)12-4-3-9-23(11-12)16-8-7-15-19-21-22-24(15)20-16/h2,5-8,10,12H,3-4,9,11H2,1H3,(H,18,25)/t12-/m0/s1. The number of carbonyl (C=O) groups excluding carboxylic acids is 1. The molecule has 1 atom stereocenters. The molecule has 0 saturated carbocycles. The first-order chi connectivity index (χ1) is 12.7. The fraction of sp³-hybridized carbons (Fsp3) is 0.353. The summed E-state index contributed by atoms with van der Waals surface area (Å²) in [6.45, 7) is 1.50. The van der Waals surface area contributed by atoms with Crippen molar-refractivity contribution in [3.63, 3.8) is 0 Å². The molecule has 0 spiro atoms. The summed E-state index contributed by atoms with van der Waals surface area (Å²) in [5, 5.41) is 18.8. The Bertz CT molecular complexity index is 928. The van der Waals surface area contributed by atoms with Crippen molar-refractivity contribution in [1.82, 2.24) is 25.3 Å². The van der Waals surface area contributed by atoms with Crippen LogP contribution in [0.5, 0.6) is 0 Å². The Balaban J connectivity index is 1.46. The van der Waals surface area contributed by atoms with Gasteiger partial charge < -0.3 is 10.2 Å². The Morgan fingerprint density at radius 1 is 1.31 bits per heavy atom. The number of anilines is 2. The third kappa shape index (κ3) is 3.48. The Kier molecular flexibility index (Phi) is 4.70. The maximum Gasteiger partial charge on any atom is 0.229 e. The number of aromatic nitrogens is 5. The highest BCUT2D eigenvalue weighted by molar-refractivity contribution is 7.98. The molecule has 1 amide bonds. The number of rotatable bonds is 4. The number of nitrogens with zero attached hydrogens (tertiary/aromatic N) is 6. The minimum atomic E-state index is -0.0759. The predicted octanol–water partition coefficient (Wildman–Crippen LogP) is 2.10. The van der Waals surface area contributed by atoms with Gasteiger partial charge in [-0.25, -0.2) is 0 Å². The molecular weight excluding hydrogens is 350 g/mol. The van der Waals surface area contributed by atoms with E-state index in [1.807, 2.05) is 42.7 Å². The zero-order valence-corrected chi connectivity index (χ0v) is 15.2. The van der Waals surface area contributed by atoms with Gasteiger partial charge in [-0.05, 0) is 59.9 Å². The van der Waals surface area contributed by atoms with Gasteiger partial charge in [0.25, 0.3) is 0 Å². The van der Waals surface area contributed by atoms with Gasteiger partial charge in [0.15, 0.2) is 11.5 Å². The molecule has 8 nitrogen and oxygen atoms in total. The second-order valence-electron chi connectivity index (χ2n) is 6.22. The van der Waals surface area contributed by atoms with Crippen molar-refractivity contribution in [1.29, 1.82) is 0 Å². The number of amides is 1. The first-order valence-corrected chi connectivity index (χ1v) is 9.71. The molecule has 0 radical (unpaired) electrons. The molecule has 4 rings (SSSR count). The van der Waals surface area contributed by atoms with E-state index in [4.69, 9.17) is 0 Å². The van der Waals surface area contributed by atoms with E-state index in [9.17, 15) is 4.79 Å². The van der Waals surface area contributed by atoms with E-state index in [1.54, 1.807) is 11.8 Å². The SMILES string of the molecule is CSc1cccc(NC(=O)[C@H]2CCCN(c3ccc4nnnn4n3)C2)c1. The number of benzene rings is 1. The van der Waals surface area contributed by atoms with Crippen molar-refractivity contribution in [3.05, 3.63) is 36.4 Å². The van der Waals surface area contributed by atoms with Crippen molar-refractivity contribution in [2.45, 2.75) is 17.7 Å². The summed E-state index contributed by atoms with van der Waals surface area (Å²) in [5.41, 5.74) is 1.45. The second-order valence-corrected chi connectivity index (χ2v) is 7.10. The number of nitrogens with one attached hydrogen (secondary N) is 1. The van der Waals surface area contributed by atoms with Crippen LogP contribution in [0.4, 0.5) is 11.5 Å². The van der Waals surface area contributed by atoms with Crippen LogP contribution in [0.3, 0.4) is 0 Å². The number of hydrogen-bond acceptors (Lipinski definition) is 7. The average molecular weight is 369 g/mol. The van der Waals surface area contributed by atoms with Crippen molar-refractivity contribution in [2.24, 2.45) is 5.92 Å². The van der Waals surface area contributed by atoms with Gasteiger partial charge in [-0.2, -0.15) is 0 Å². The third-order valence-electron chi connectivity index (χ3n) is 4.51. The average Bonchev–Trinajstić information content (AvgIpc) is 3.16. The molecular formula is C17H19N7OS. The summed E-state index contributed by atoms with van der Waals surface area (Å²) in [7, 11) is 0. The Labute approximate surface area is 155 Å². The van der Waals surface area contributed by atoms with Crippen molar-refractivity contribution >= 4 is 34.8 Å². The molecule has 1 fully saturated rings. The fourth-order valence-corrected chi connectivity index (χ4v) is 3.61. The summed E-state index contributed by atoms with van der Waals surface area (Å²) in [6, 6.07) is 11.6. The number of thioether (sulfide) groups is 1. The molecule has 2 aromatic heterocycles. The molecule has 1 saturated heterocycles. The van der Waals surface area contributed by atoms with E-state index in [2.05, 4.69) is 30.8 Å². The lowest BCUT2D eigenvalue weighted by Gasteiger charge is -2.32. The molecule has 0 bridgehead atoms. The van der Waals surface area contributed by atoms with Crippen molar-refractivity contribution < 1.29 is 4.79 Å². The molecule has 1 aliphatic heterocycles. The first kappa shape index (κ1) is 16.8. The van der Waals surface area contributed by atoms with Crippen molar-refractivity contribution in [2.75, 3.05) is 29.6 Å². The van der Waals surface area contributed by atoms with E-state index < -0.39 is 0 Å². The molecule has 3 aromatic rings. The number of carbonyl (C=O) groups is 1. The smallest absolute Gasteiger partial charge is 0.229 e. The van der Waals surface area contributed by atoms with Gasteiger partial charge in [-0.3, -0.25) is 4.79 Å². The number of tetrazole rings is 1. The van der Waals surface area contributed by atoms with Gasteiger partial charge in [-0.15, -0.1) is 26.6 Å².